The highest BCUT2D eigenvalue weighted by atomic mass is 16.5. The number of morpholine rings is 1. The highest BCUT2D eigenvalue weighted by Crippen LogP contribution is 2.28. The molecule has 24 heavy (non-hydrogen) atoms. The molecule has 0 spiro atoms. The number of hydrogen-bond donors (Lipinski definition) is 1. The molecule has 3 rings (SSSR count). The van der Waals surface area contributed by atoms with Gasteiger partial charge in [-0.2, -0.15) is 15.0 Å². The van der Waals surface area contributed by atoms with Gasteiger partial charge in [0, 0.05) is 20.1 Å². The van der Waals surface area contributed by atoms with Gasteiger partial charge in [0.15, 0.2) is 0 Å². The van der Waals surface area contributed by atoms with E-state index in [-0.39, 0.29) is 18.0 Å². The fourth-order valence-corrected chi connectivity index (χ4v) is 2.94. The molecule has 2 heterocycles. The molecule has 7 heteroatoms. The van der Waals surface area contributed by atoms with Crippen molar-refractivity contribution in [1.82, 2.24) is 19.9 Å². The largest absolute Gasteiger partial charge is 0.378 e. The van der Waals surface area contributed by atoms with Crippen molar-refractivity contribution >= 4 is 11.9 Å². The zero-order valence-corrected chi connectivity index (χ0v) is 14.4. The second-order valence-electron chi connectivity index (χ2n) is 6.29. The summed E-state index contributed by atoms with van der Waals surface area (Å²) in [7, 11) is 3.78. The van der Waals surface area contributed by atoms with Gasteiger partial charge in [-0.15, -0.1) is 0 Å². The molecule has 1 aromatic carbocycles. The van der Waals surface area contributed by atoms with Crippen molar-refractivity contribution in [3.63, 3.8) is 0 Å². The average Bonchev–Trinajstić information content (AvgIpc) is 2.57. The Morgan fingerprint density at radius 2 is 1.92 bits per heavy atom. The molecule has 128 valence electrons. The van der Waals surface area contributed by atoms with Crippen LogP contribution >= 0.6 is 0 Å². The lowest BCUT2D eigenvalue weighted by Crippen LogP contribution is -2.45. The van der Waals surface area contributed by atoms with Crippen molar-refractivity contribution in [2.24, 2.45) is 0 Å². The Hall–Kier alpha value is -2.25. The molecule has 0 amide bonds. The van der Waals surface area contributed by atoms with Crippen LogP contribution in [-0.4, -0.2) is 53.2 Å². The van der Waals surface area contributed by atoms with Gasteiger partial charge in [0.25, 0.3) is 0 Å². The zero-order valence-electron chi connectivity index (χ0n) is 14.4. The van der Waals surface area contributed by atoms with E-state index < -0.39 is 0 Å². The standard InChI is InChI=1S/C17H24N6O/c1-12-10-24-11-14(13-7-5-4-6-8-13)23(12)9-15-19-16(18)21-17(20-15)22(2)3/h4-8,12,14H,9-11H2,1-3H3,(H2,18,19,20,21)/t12-,14-/m1/s1. The summed E-state index contributed by atoms with van der Waals surface area (Å²) in [6.45, 7) is 4.13. The predicted molar refractivity (Wildman–Crippen MR) is 93.6 cm³/mol. The highest BCUT2D eigenvalue weighted by Gasteiger charge is 2.30. The minimum absolute atomic E-state index is 0.177. The van der Waals surface area contributed by atoms with E-state index in [1.54, 1.807) is 0 Å². The van der Waals surface area contributed by atoms with E-state index in [9.17, 15) is 0 Å². The molecule has 2 aromatic rings. The fraction of sp³-hybridized carbons (Fsp3) is 0.471. The Balaban J connectivity index is 1.88. The number of nitrogens with two attached hydrogens (primary N) is 1. The van der Waals surface area contributed by atoms with Crippen LogP contribution in [0.1, 0.15) is 24.4 Å². The number of hydrogen-bond acceptors (Lipinski definition) is 7. The summed E-state index contributed by atoms with van der Waals surface area (Å²) in [4.78, 5) is 17.2. The quantitative estimate of drug-likeness (QED) is 0.910. The average molecular weight is 328 g/mol. The Bertz CT molecular complexity index is 678. The highest BCUT2D eigenvalue weighted by molar-refractivity contribution is 5.32. The molecule has 2 N–H and O–H groups in total. The predicted octanol–water partition coefficient (Wildman–Crippen LogP) is 1.48. The van der Waals surface area contributed by atoms with Crippen LogP contribution in [0.3, 0.4) is 0 Å². The summed E-state index contributed by atoms with van der Waals surface area (Å²) in [5, 5.41) is 0. The molecule has 0 aliphatic carbocycles. The molecule has 1 saturated heterocycles. The Morgan fingerprint density at radius 1 is 1.17 bits per heavy atom. The van der Waals surface area contributed by atoms with Gasteiger partial charge in [0.2, 0.25) is 11.9 Å². The number of ether oxygens (including phenoxy) is 1. The second kappa shape index (κ2) is 7.11. The Morgan fingerprint density at radius 3 is 2.62 bits per heavy atom. The van der Waals surface area contributed by atoms with Gasteiger partial charge in [-0.1, -0.05) is 30.3 Å². The number of anilines is 2. The van der Waals surface area contributed by atoms with Gasteiger partial charge in [-0.05, 0) is 12.5 Å². The minimum atomic E-state index is 0.177. The van der Waals surface area contributed by atoms with Gasteiger partial charge < -0.3 is 15.4 Å². The summed E-state index contributed by atoms with van der Waals surface area (Å²) < 4.78 is 5.77. The van der Waals surface area contributed by atoms with Gasteiger partial charge in [0.1, 0.15) is 5.82 Å². The Labute approximate surface area is 142 Å². The molecule has 1 fully saturated rings. The van der Waals surface area contributed by atoms with E-state index in [0.29, 0.717) is 31.5 Å². The second-order valence-corrected chi connectivity index (χ2v) is 6.29. The molecule has 1 aliphatic heterocycles. The van der Waals surface area contributed by atoms with Gasteiger partial charge >= 0.3 is 0 Å². The van der Waals surface area contributed by atoms with Crippen LogP contribution in [0.5, 0.6) is 0 Å². The van der Waals surface area contributed by atoms with E-state index in [4.69, 9.17) is 10.5 Å². The van der Waals surface area contributed by atoms with Crippen molar-refractivity contribution < 1.29 is 4.74 Å². The number of nitrogen functional groups attached to an aromatic ring is 1. The molecule has 2 atom stereocenters. The van der Waals surface area contributed by atoms with Crippen molar-refractivity contribution in [3.05, 3.63) is 41.7 Å². The first-order valence-electron chi connectivity index (χ1n) is 8.11. The molecular weight excluding hydrogens is 304 g/mol. The molecule has 1 aromatic heterocycles. The third-order valence-corrected chi connectivity index (χ3v) is 4.20. The Kier molecular flexibility index (Phi) is 4.92. The van der Waals surface area contributed by atoms with Crippen molar-refractivity contribution in [1.29, 1.82) is 0 Å². The van der Waals surface area contributed by atoms with Crippen LogP contribution in [0.4, 0.5) is 11.9 Å². The summed E-state index contributed by atoms with van der Waals surface area (Å²) in [6, 6.07) is 10.8. The monoisotopic (exact) mass is 328 g/mol. The first-order valence-corrected chi connectivity index (χ1v) is 8.11. The number of benzene rings is 1. The molecule has 1 aliphatic rings. The first-order chi connectivity index (χ1) is 11.5. The summed E-state index contributed by atoms with van der Waals surface area (Å²) in [5.41, 5.74) is 7.09. The lowest BCUT2D eigenvalue weighted by atomic mass is 10.0. The van der Waals surface area contributed by atoms with E-state index in [0.717, 1.165) is 0 Å². The van der Waals surface area contributed by atoms with E-state index >= 15 is 0 Å². The topological polar surface area (TPSA) is 80.4 Å². The molecular formula is C17H24N6O. The van der Waals surface area contributed by atoms with E-state index in [2.05, 4.69) is 51.0 Å². The maximum atomic E-state index is 5.85. The molecule has 0 bridgehead atoms. The van der Waals surface area contributed by atoms with E-state index in [1.807, 2.05) is 25.1 Å². The fourth-order valence-electron chi connectivity index (χ4n) is 2.94. The van der Waals surface area contributed by atoms with Crippen LogP contribution in [0, 0.1) is 0 Å². The summed E-state index contributed by atoms with van der Waals surface area (Å²) in [5.74, 6) is 1.51. The van der Waals surface area contributed by atoms with Crippen LogP contribution in [0.25, 0.3) is 0 Å². The third kappa shape index (κ3) is 3.63. The summed E-state index contributed by atoms with van der Waals surface area (Å²) in [6.07, 6.45) is 0. The smallest absolute Gasteiger partial charge is 0.229 e. The molecule has 7 nitrogen and oxygen atoms in total. The maximum absolute atomic E-state index is 5.85. The van der Waals surface area contributed by atoms with E-state index in [1.165, 1.54) is 5.56 Å². The first kappa shape index (κ1) is 16.6. The summed E-state index contributed by atoms with van der Waals surface area (Å²) >= 11 is 0. The molecule has 0 unspecified atom stereocenters. The normalized spacial score (nSPS) is 21.6. The lowest BCUT2D eigenvalue weighted by Gasteiger charge is -2.40. The number of aromatic nitrogens is 3. The minimum Gasteiger partial charge on any atom is -0.378 e. The number of nitrogens with zero attached hydrogens (tertiary/aromatic N) is 5. The van der Waals surface area contributed by atoms with Crippen LogP contribution in [0.2, 0.25) is 0 Å². The van der Waals surface area contributed by atoms with Crippen molar-refractivity contribution in [2.45, 2.75) is 25.6 Å². The van der Waals surface area contributed by atoms with Crippen LogP contribution in [0.15, 0.2) is 30.3 Å². The van der Waals surface area contributed by atoms with Crippen LogP contribution < -0.4 is 10.6 Å². The van der Waals surface area contributed by atoms with Gasteiger partial charge in [-0.3, -0.25) is 4.90 Å². The van der Waals surface area contributed by atoms with Crippen molar-refractivity contribution in [2.75, 3.05) is 37.9 Å². The zero-order chi connectivity index (χ0) is 17.1. The maximum Gasteiger partial charge on any atom is 0.229 e. The number of rotatable bonds is 4. The lowest BCUT2D eigenvalue weighted by molar-refractivity contribution is -0.0501. The third-order valence-electron chi connectivity index (χ3n) is 4.20. The van der Waals surface area contributed by atoms with Crippen molar-refractivity contribution in [3.8, 4) is 0 Å². The molecule has 0 saturated carbocycles. The van der Waals surface area contributed by atoms with Gasteiger partial charge in [0.05, 0.1) is 25.8 Å². The van der Waals surface area contributed by atoms with Crippen LogP contribution in [-0.2, 0) is 11.3 Å². The SMILES string of the molecule is C[C@@H]1COC[C@H](c2ccccc2)N1Cc1nc(N)nc(N(C)C)n1. The van der Waals surface area contributed by atoms with Gasteiger partial charge in [-0.25, -0.2) is 0 Å². The molecule has 0 radical (unpaired) electrons.